The van der Waals surface area contributed by atoms with Gasteiger partial charge in [-0.2, -0.15) is 17.0 Å². The lowest BCUT2D eigenvalue weighted by Gasteiger charge is -2.42. The van der Waals surface area contributed by atoms with Gasteiger partial charge in [0.05, 0.1) is 6.54 Å². The van der Waals surface area contributed by atoms with Crippen molar-refractivity contribution in [1.82, 2.24) is 13.9 Å². The van der Waals surface area contributed by atoms with E-state index in [0.29, 0.717) is 19.0 Å². The maximum atomic E-state index is 12.7. The summed E-state index contributed by atoms with van der Waals surface area (Å²) < 4.78 is 27.7. The Labute approximate surface area is 119 Å². The Morgan fingerprint density at radius 2 is 1.75 bits per heavy atom. The summed E-state index contributed by atoms with van der Waals surface area (Å²) in [5, 5.41) is 2.18. The van der Waals surface area contributed by atoms with Gasteiger partial charge in [-0.3, -0.25) is 14.9 Å². The smallest absolute Gasteiger partial charge is 0.283 e. The topological polar surface area (TPSA) is 86.8 Å². The number of hydrogen-bond acceptors (Lipinski definition) is 4. The Balaban J connectivity index is 2.27. The van der Waals surface area contributed by atoms with E-state index in [9.17, 15) is 18.0 Å². The van der Waals surface area contributed by atoms with Crippen LogP contribution >= 0.6 is 0 Å². The Kier molecular flexibility index (Phi) is 3.92. The van der Waals surface area contributed by atoms with Gasteiger partial charge in [-0.05, 0) is 32.6 Å². The molecule has 1 N–H and O–H groups in total. The normalized spacial score (nSPS) is 26.6. The number of carbonyl (C=O) groups excluding carboxylic acids is 2. The number of piperidine rings is 1. The average molecular weight is 303 g/mol. The van der Waals surface area contributed by atoms with Crippen molar-refractivity contribution in [2.24, 2.45) is 5.92 Å². The lowest BCUT2D eigenvalue weighted by molar-refractivity contribution is -0.141. The van der Waals surface area contributed by atoms with Crippen molar-refractivity contribution in [2.45, 2.75) is 39.2 Å². The van der Waals surface area contributed by atoms with Crippen LogP contribution in [-0.2, 0) is 19.8 Å². The summed E-state index contributed by atoms with van der Waals surface area (Å²) in [5.74, 6) is -0.660. The van der Waals surface area contributed by atoms with Gasteiger partial charge in [0.2, 0.25) is 11.8 Å². The third kappa shape index (κ3) is 2.59. The minimum absolute atomic E-state index is 0.312. The monoisotopic (exact) mass is 303 g/mol. The molecule has 2 fully saturated rings. The highest BCUT2D eigenvalue weighted by Gasteiger charge is 2.49. The van der Waals surface area contributed by atoms with Crippen molar-refractivity contribution in [1.29, 1.82) is 0 Å². The van der Waals surface area contributed by atoms with Gasteiger partial charge >= 0.3 is 0 Å². The minimum Gasteiger partial charge on any atom is -0.294 e. The van der Waals surface area contributed by atoms with Crippen molar-refractivity contribution in [3.63, 3.8) is 0 Å². The molecule has 8 heteroatoms. The van der Waals surface area contributed by atoms with Crippen LogP contribution in [0, 0.1) is 5.92 Å². The van der Waals surface area contributed by atoms with E-state index in [2.05, 4.69) is 12.2 Å². The summed E-state index contributed by atoms with van der Waals surface area (Å²) >= 11 is 0. The predicted molar refractivity (Wildman–Crippen MR) is 72.8 cm³/mol. The molecule has 0 aromatic heterocycles. The molecule has 0 aliphatic carbocycles. The van der Waals surface area contributed by atoms with E-state index in [-0.39, 0.29) is 6.54 Å². The van der Waals surface area contributed by atoms with E-state index >= 15 is 0 Å². The van der Waals surface area contributed by atoms with Gasteiger partial charge in [-0.25, -0.2) is 0 Å². The van der Waals surface area contributed by atoms with Crippen molar-refractivity contribution in [3.05, 3.63) is 0 Å². The lowest BCUT2D eigenvalue weighted by atomic mass is 10.0. The number of imide groups is 1. The zero-order chi connectivity index (χ0) is 15.1. The molecule has 2 amide bonds. The summed E-state index contributed by atoms with van der Waals surface area (Å²) in [7, 11) is -3.80. The predicted octanol–water partition coefficient (Wildman–Crippen LogP) is -0.300. The van der Waals surface area contributed by atoms with Gasteiger partial charge in [0.15, 0.2) is 0 Å². The van der Waals surface area contributed by atoms with Crippen LogP contribution in [0.15, 0.2) is 0 Å². The molecule has 0 atom stereocenters. The second-order valence-corrected chi connectivity index (χ2v) is 7.89. The van der Waals surface area contributed by atoms with E-state index < -0.39 is 27.6 Å². The van der Waals surface area contributed by atoms with E-state index in [4.69, 9.17) is 0 Å². The minimum atomic E-state index is -3.80. The molecule has 7 nitrogen and oxygen atoms in total. The summed E-state index contributed by atoms with van der Waals surface area (Å²) in [6, 6.07) is 0. The Morgan fingerprint density at radius 1 is 1.20 bits per heavy atom. The molecule has 2 aliphatic heterocycles. The van der Waals surface area contributed by atoms with Gasteiger partial charge in [0, 0.05) is 13.1 Å². The number of amides is 2. The number of nitrogens with one attached hydrogen (secondary N) is 1. The molecule has 0 spiro atoms. The number of rotatable bonds is 2. The molecule has 0 bridgehead atoms. The third-order valence-corrected chi connectivity index (χ3v) is 6.23. The highest BCUT2D eigenvalue weighted by atomic mass is 32.2. The maximum Gasteiger partial charge on any atom is 0.283 e. The fourth-order valence-corrected chi connectivity index (χ4v) is 4.38. The molecule has 0 radical (unpaired) electrons. The van der Waals surface area contributed by atoms with Crippen LogP contribution in [0.4, 0.5) is 0 Å². The van der Waals surface area contributed by atoms with Crippen LogP contribution in [0.25, 0.3) is 0 Å². The molecule has 2 saturated heterocycles. The van der Waals surface area contributed by atoms with E-state index in [1.807, 2.05) is 0 Å². The Hall–Kier alpha value is -0.990. The van der Waals surface area contributed by atoms with Crippen LogP contribution in [0.3, 0.4) is 0 Å². The Morgan fingerprint density at radius 3 is 2.30 bits per heavy atom. The van der Waals surface area contributed by atoms with Crippen molar-refractivity contribution >= 4 is 22.0 Å². The molecule has 2 heterocycles. The summed E-state index contributed by atoms with van der Waals surface area (Å²) in [5.41, 5.74) is -1.25. The first-order chi connectivity index (χ1) is 9.15. The standard InChI is InChI=1S/C12H21N3O4S/c1-9-4-6-14(7-5-9)20(18,19)15-8-10(16)13-11(17)12(15,2)3/h9H,4-8H2,1-3H3,(H,13,16,17). The molecular weight excluding hydrogens is 282 g/mol. The fraction of sp³-hybridized carbons (Fsp3) is 0.833. The van der Waals surface area contributed by atoms with Crippen LogP contribution < -0.4 is 5.32 Å². The fourth-order valence-electron chi connectivity index (χ4n) is 2.49. The molecule has 0 aromatic carbocycles. The van der Waals surface area contributed by atoms with Crippen LogP contribution in [-0.4, -0.2) is 54.0 Å². The van der Waals surface area contributed by atoms with Gasteiger partial charge in [0.25, 0.3) is 10.2 Å². The van der Waals surface area contributed by atoms with E-state index in [1.165, 1.54) is 18.2 Å². The largest absolute Gasteiger partial charge is 0.294 e. The van der Waals surface area contributed by atoms with Gasteiger partial charge < -0.3 is 0 Å². The van der Waals surface area contributed by atoms with Crippen LogP contribution in [0.5, 0.6) is 0 Å². The highest BCUT2D eigenvalue weighted by Crippen LogP contribution is 2.27. The second-order valence-electron chi connectivity index (χ2n) is 6.03. The lowest BCUT2D eigenvalue weighted by Crippen LogP contribution is -2.67. The average Bonchev–Trinajstić information content (AvgIpc) is 2.34. The first kappa shape index (κ1) is 15.4. The molecule has 20 heavy (non-hydrogen) atoms. The van der Waals surface area contributed by atoms with Crippen molar-refractivity contribution in [3.8, 4) is 0 Å². The van der Waals surface area contributed by atoms with Gasteiger partial charge in [-0.15, -0.1) is 0 Å². The van der Waals surface area contributed by atoms with Crippen LogP contribution in [0.2, 0.25) is 0 Å². The second kappa shape index (κ2) is 5.09. The zero-order valence-electron chi connectivity index (χ0n) is 12.0. The summed E-state index contributed by atoms with van der Waals surface area (Å²) in [6.45, 7) is 5.68. The molecule has 0 aromatic rings. The first-order valence-electron chi connectivity index (χ1n) is 6.78. The molecule has 114 valence electrons. The van der Waals surface area contributed by atoms with Crippen molar-refractivity contribution < 1.29 is 18.0 Å². The maximum absolute atomic E-state index is 12.7. The molecule has 0 unspecified atom stereocenters. The first-order valence-corrected chi connectivity index (χ1v) is 8.17. The van der Waals surface area contributed by atoms with E-state index in [0.717, 1.165) is 17.1 Å². The quantitative estimate of drug-likeness (QED) is 0.710. The highest BCUT2D eigenvalue weighted by molar-refractivity contribution is 7.86. The molecule has 2 aliphatic rings. The van der Waals surface area contributed by atoms with Gasteiger partial charge in [-0.1, -0.05) is 6.92 Å². The van der Waals surface area contributed by atoms with E-state index in [1.54, 1.807) is 0 Å². The number of hydrogen-bond donors (Lipinski definition) is 1. The number of nitrogens with zero attached hydrogens (tertiary/aromatic N) is 2. The molecule has 2 rings (SSSR count). The number of carbonyl (C=O) groups is 2. The van der Waals surface area contributed by atoms with Gasteiger partial charge in [0.1, 0.15) is 5.54 Å². The summed E-state index contributed by atoms with van der Waals surface area (Å²) in [6.07, 6.45) is 1.60. The third-order valence-electron chi connectivity index (χ3n) is 4.07. The molecule has 0 saturated carbocycles. The van der Waals surface area contributed by atoms with Crippen molar-refractivity contribution in [2.75, 3.05) is 19.6 Å². The Bertz CT molecular complexity index is 521. The summed E-state index contributed by atoms with van der Waals surface area (Å²) in [4.78, 5) is 23.4. The molecular formula is C12H21N3O4S. The zero-order valence-corrected chi connectivity index (χ0v) is 12.9. The van der Waals surface area contributed by atoms with Crippen LogP contribution in [0.1, 0.15) is 33.6 Å². The number of piperazine rings is 1. The SMILES string of the molecule is CC1CCN(S(=O)(=O)N2CC(=O)NC(=O)C2(C)C)CC1.